The van der Waals surface area contributed by atoms with Gasteiger partial charge < -0.3 is 10.2 Å². The van der Waals surface area contributed by atoms with E-state index in [1.807, 2.05) is 11.8 Å². The number of thioether (sulfide) groups is 1. The normalized spacial score (nSPS) is 24.1. The third kappa shape index (κ3) is 4.65. The van der Waals surface area contributed by atoms with Gasteiger partial charge in [0.05, 0.1) is 6.54 Å². The Kier molecular flexibility index (Phi) is 5.99. The lowest BCUT2D eigenvalue weighted by Gasteiger charge is -2.26. The lowest BCUT2D eigenvalue weighted by Crippen LogP contribution is -2.43. The van der Waals surface area contributed by atoms with Crippen molar-refractivity contribution in [1.82, 2.24) is 15.1 Å². The van der Waals surface area contributed by atoms with Crippen molar-refractivity contribution in [3.63, 3.8) is 0 Å². The Morgan fingerprint density at radius 3 is 2.71 bits per heavy atom. The zero-order chi connectivity index (χ0) is 15.3. The highest BCUT2D eigenvalue weighted by Gasteiger charge is 2.29. The zero-order valence-corrected chi connectivity index (χ0v) is 14.7. The SMILES string of the molecule is CCNC(=NCC(C)(C)SC)N1CCC(N2CC=CC2)C1. The number of hydrogen-bond acceptors (Lipinski definition) is 3. The first-order valence-electron chi connectivity index (χ1n) is 8.03. The summed E-state index contributed by atoms with van der Waals surface area (Å²) in [5.74, 6) is 1.09. The molecule has 0 radical (unpaired) electrons. The summed E-state index contributed by atoms with van der Waals surface area (Å²) in [7, 11) is 0. The van der Waals surface area contributed by atoms with Crippen molar-refractivity contribution in [3.05, 3.63) is 12.2 Å². The minimum absolute atomic E-state index is 0.207. The first kappa shape index (κ1) is 16.7. The summed E-state index contributed by atoms with van der Waals surface area (Å²) in [4.78, 5) is 9.87. The molecule has 0 aliphatic carbocycles. The number of hydrogen-bond donors (Lipinski definition) is 1. The smallest absolute Gasteiger partial charge is 0.194 e. The van der Waals surface area contributed by atoms with Crippen molar-refractivity contribution in [2.75, 3.05) is 45.5 Å². The summed E-state index contributed by atoms with van der Waals surface area (Å²) >= 11 is 1.88. The summed E-state index contributed by atoms with van der Waals surface area (Å²) in [6.07, 6.45) is 7.97. The summed E-state index contributed by atoms with van der Waals surface area (Å²) in [5, 5.41) is 3.46. The zero-order valence-electron chi connectivity index (χ0n) is 13.9. The van der Waals surface area contributed by atoms with Gasteiger partial charge >= 0.3 is 0 Å². The van der Waals surface area contributed by atoms with E-state index in [1.54, 1.807) is 0 Å². The standard InChI is InChI=1S/C16H30N4S/c1-5-17-15(18-13-16(2,3)21-4)20-11-8-14(12-20)19-9-6-7-10-19/h6-7,14H,5,8-13H2,1-4H3,(H,17,18). The van der Waals surface area contributed by atoms with E-state index in [2.05, 4.69) is 54.3 Å². The number of rotatable bonds is 5. The molecule has 0 aromatic rings. The number of guanidine groups is 1. The van der Waals surface area contributed by atoms with Crippen LogP contribution in [-0.2, 0) is 0 Å². The van der Waals surface area contributed by atoms with Gasteiger partial charge in [0.2, 0.25) is 0 Å². The molecule has 1 saturated heterocycles. The van der Waals surface area contributed by atoms with Gasteiger partial charge in [-0.2, -0.15) is 11.8 Å². The maximum atomic E-state index is 4.88. The van der Waals surface area contributed by atoms with Crippen LogP contribution >= 0.6 is 11.8 Å². The number of nitrogens with one attached hydrogen (secondary N) is 1. The number of likely N-dealkylation sites (tertiary alicyclic amines) is 1. The molecule has 5 heteroatoms. The summed E-state index contributed by atoms with van der Waals surface area (Å²) < 4.78 is 0.207. The highest BCUT2D eigenvalue weighted by molar-refractivity contribution is 7.99. The number of aliphatic imine (C=N–C) groups is 1. The van der Waals surface area contributed by atoms with E-state index in [1.165, 1.54) is 6.42 Å². The van der Waals surface area contributed by atoms with E-state index in [-0.39, 0.29) is 4.75 Å². The summed E-state index contributed by atoms with van der Waals surface area (Å²) in [6, 6.07) is 0.678. The monoisotopic (exact) mass is 310 g/mol. The van der Waals surface area contributed by atoms with Crippen molar-refractivity contribution >= 4 is 17.7 Å². The van der Waals surface area contributed by atoms with Crippen LogP contribution in [-0.4, -0.2) is 72.1 Å². The van der Waals surface area contributed by atoms with Crippen molar-refractivity contribution in [2.24, 2.45) is 4.99 Å². The third-order valence-corrected chi connectivity index (χ3v) is 5.56. The van der Waals surface area contributed by atoms with Gasteiger partial charge in [0.1, 0.15) is 0 Å². The molecule has 21 heavy (non-hydrogen) atoms. The minimum Gasteiger partial charge on any atom is -0.357 e. The summed E-state index contributed by atoms with van der Waals surface area (Å²) in [5.41, 5.74) is 0. The molecule has 0 aromatic heterocycles. The third-order valence-electron chi connectivity index (χ3n) is 4.32. The van der Waals surface area contributed by atoms with Gasteiger partial charge in [-0.1, -0.05) is 12.2 Å². The van der Waals surface area contributed by atoms with Gasteiger partial charge in [0.25, 0.3) is 0 Å². The molecule has 1 atom stereocenters. The molecule has 0 spiro atoms. The minimum atomic E-state index is 0.207. The predicted molar refractivity (Wildman–Crippen MR) is 94.3 cm³/mol. The van der Waals surface area contributed by atoms with Crippen LogP contribution in [0.25, 0.3) is 0 Å². The van der Waals surface area contributed by atoms with Gasteiger partial charge in [-0.05, 0) is 33.4 Å². The Hall–Kier alpha value is -0.680. The maximum Gasteiger partial charge on any atom is 0.194 e. The fourth-order valence-corrected chi connectivity index (χ4v) is 2.97. The Bertz CT molecular complexity index is 384. The topological polar surface area (TPSA) is 30.9 Å². The Balaban J connectivity index is 1.94. The Morgan fingerprint density at radius 2 is 2.10 bits per heavy atom. The molecule has 2 aliphatic heterocycles. The quantitative estimate of drug-likeness (QED) is 0.478. The fraction of sp³-hybridized carbons (Fsp3) is 0.812. The van der Waals surface area contributed by atoms with Gasteiger partial charge in [0.15, 0.2) is 5.96 Å². The highest BCUT2D eigenvalue weighted by Crippen LogP contribution is 2.22. The van der Waals surface area contributed by atoms with Gasteiger partial charge in [-0.3, -0.25) is 9.89 Å². The van der Waals surface area contributed by atoms with E-state index < -0.39 is 0 Å². The molecular formula is C16H30N4S. The van der Waals surface area contributed by atoms with Crippen molar-refractivity contribution in [3.8, 4) is 0 Å². The average molecular weight is 311 g/mol. The molecule has 120 valence electrons. The lowest BCUT2D eigenvalue weighted by molar-refractivity contribution is 0.259. The Morgan fingerprint density at radius 1 is 1.38 bits per heavy atom. The van der Waals surface area contributed by atoms with E-state index in [9.17, 15) is 0 Å². The molecule has 0 bridgehead atoms. The van der Waals surface area contributed by atoms with Crippen LogP contribution in [0.15, 0.2) is 17.1 Å². The lowest BCUT2D eigenvalue weighted by atomic mass is 10.2. The van der Waals surface area contributed by atoms with Crippen LogP contribution in [0, 0.1) is 0 Å². The van der Waals surface area contributed by atoms with E-state index in [0.717, 1.165) is 45.2 Å². The first-order chi connectivity index (χ1) is 10.1. The van der Waals surface area contributed by atoms with Crippen LogP contribution in [0.3, 0.4) is 0 Å². The van der Waals surface area contributed by atoms with Crippen molar-refractivity contribution in [2.45, 2.75) is 38.0 Å². The fourth-order valence-electron chi connectivity index (χ4n) is 2.78. The van der Waals surface area contributed by atoms with Crippen LogP contribution < -0.4 is 5.32 Å². The molecule has 2 aliphatic rings. The second-order valence-corrected chi connectivity index (χ2v) is 7.96. The van der Waals surface area contributed by atoms with Gasteiger partial charge in [-0.25, -0.2) is 0 Å². The molecule has 0 saturated carbocycles. The van der Waals surface area contributed by atoms with Crippen LogP contribution in [0.1, 0.15) is 27.2 Å². The van der Waals surface area contributed by atoms with Crippen LogP contribution in [0.2, 0.25) is 0 Å². The average Bonchev–Trinajstić information content (AvgIpc) is 3.13. The van der Waals surface area contributed by atoms with Crippen LogP contribution in [0.5, 0.6) is 0 Å². The molecule has 2 heterocycles. The van der Waals surface area contributed by atoms with Gasteiger partial charge in [0, 0.05) is 43.5 Å². The number of nitrogens with zero attached hydrogens (tertiary/aromatic N) is 3. The largest absolute Gasteiger partial charge is 0.357 e. The first-order valence-corrected chi connectivity index (χ1v) is 9.25. The molecule has 0 aromatic carbocycles. The molecule has 4 nitrogen and oxygen atoms in total. The van der Waals surface area contributed by atoms with E-state index >= 15 is 0 Å². The van der Waals surface area contributed by atoms with Gasteiger partial charge in [-0.15, -0.1) is 0 Å². The molecule has 2 rings (SSSR count). The van der Waals surface area contributed by atoms with E-state index in [4.69, 9.17) is 4.99 Å². The maximum absolute atomic E-state index is 4.88. The summed E-state index contributed by atoms with van der Waals surface area (Å²) in [6.45, 7) is 12.9. The van der Waals surface area contributed by atoms with Crippen molar-refractivity contribution in [1.29, 1.82) is 0 Å². The highest BCUT2D eigenvalue weighted by atomic mass is 32.2. The molecule has 1 unspecified atom stereocenters. The second kappa shape index (κ2) is 7.54. The van der Waals surface area contributed by atoms with E-state index in [0.29, 0.717) is 6.04 Å². The molecule has 0 amide bonds. The van der Waals surface area contributed by atoms with Crippen molar-refractivity contribution < 1.29 is 0 Å². The molecule has 1 N–H and O–H groups in total. The second-order valence-electron chi connectivity index (χ2n) is 6.45. The molecular weight excluding hydrogens is 280 g/mol. The molecule has 1 fully saturated rings. The predicted octanol–water partition coefficient (Wildman–Crippen LogP) is 2.04. The van der Waals surface area contributed by atoms with Crippen LogP contribution in [0.4, 0.5) is 0 Å². The Labute approximate surface area is 134 Å².